The standard InChI is InChI=1S/C20H20N2O3S2/c1-13-6-9-18-16(10-13)12-19(26-18)20(23)21-22-27(24,25)17-8-7-14-4-2-3-5-15(14)11-17/h2-5,7-8,11-13,22H,6,9-10H2,1H3,(H,21,23)/t13-/m0/s1. The summed E-state index contributed by atoms with van der Waals surface area (Å²) < 4.78 is 25.1. The first-order chi connectivity index (χ1) is 12.9. The number of carbonyl (C=O) groups is 1. The molecule has 0 unspecified atom stereocenters. The summed E-state index contributed by atoms with van der Waals surface area (Å²) in [6.45, 7) is 2.21. The van der Waals surface area contributed by atoms with Crippen molar-refractivity contribution in [2.24, 2.45) is 5.92 Å². The fourth-order valence-corrected chi connectivity index (χ4v) is 5.36. The Balaban J connectivity index is 1.49. The molecule has 0 saturated carbocycles. The molecule has 27 heavy (non-hydrogen) atoms. The molecule has 0 saturated heterocycles. The van der Waals surface area contributed by atoms with Gasteiger partial charge in [-0.25, -0.2) is 8.42 Å². The lowest BCUT2D eigenvalue weighted by atomic mass is 9.90. The summed E-state index contributed by atoms with van der Waals surface area (Å²) in [7, 11) is -3.84. The van der Waals surface area contributed by atoms with E-state index >= 15 is 0 Å². The van der Waals surface area contributed by atoms with E-state index in [0.29, 0.717) is 10.8 Å². The molecule has 3 aromatic rings. The molecule has 0 spiro atoms. The fourth-order valence-electron chi connectivity index (χ4n) is 3.39. The van der Waals surface area contributed by atoms with E-state index in [1.54, 1.807) is 12.1 Å². The van der Waals surface area contributed by atoms with Crippen LogP contribution < -0.4 is 10.3 Å². The van der Waals surface area contributed by atoms with E-state index < -0.39 is 15.9 Å². The summed E-state index contributed by atoms with van der Waals surface area (Å²) in [6, 6.07) is 14.3. The van der Waals surface area contributed by atoms with Gasteiger partial charge in [0.1, 0.15) is 0 Å². The van der Waals surface area contributed by atoms with Gasteiger partial charge in [-0.05, 0) is 59.7 Å². The van der Waals surface area contributed by atoms with Crippen LogP contribution in [0.15, 0.2) is 53.4 Å². The van der Waals surface area contributed by atoms with Crippen molar-refractivity contribution in [3.63, 3.8) is 0 Å². The van der Waals surface area contributed by atoms with Crippen LogP contribution in [0.3, 0.4) is 0 Å². The zero-order valence-corrected chi connectivity index (χ0v) is 16.5. The average Bonchev–Trinajstić information content (AvgIpc) is 3.09. The predicted molar refractivity (Wildman–Crippen MR) is 107 cm³/mol. The summed E-state index contributed by atoms with van der Waals surface area (Å²) in [5.74, 6) is 0.195. The van der Waals surface area contributed by atoms with Crippen molar-refractivity contribution < 1.29 is 13.2 Å². The van der Waals surface area contributed by atoms with Gasteiger partial charge in [0.15, 0.2) is 0 Å². The van der Waals surface area contributed by atoms with E-state index in [2.05, 4.69) is 17.2 Å². The first-order valence-electron chi connectivity index (χ1n) is 8.85. The Morgan fingerprint density at radius 2 is 1.89 bits per heavy atom. The maximum Gasteiger partial charge on any atom is 0.276 e. The Labute approximate surface area is 162 Å². The monoisotopic (exact) mass is 400 g/mol. The maximum atomic E-state index is 12.5. The molecule has 2 N–H and O–H groups in total. The van der Waals surface area contributed by atoms with Crippen LogP contribution in [0.2, 0.25) is 0 Å². The topological polar surface area (TPSA) is 75.3 Å². The molecule has 1 amide bonds. The number of amides is 1. The molecule has 5 nitrogen and oxygen atoms in total. The molecule has 1 heterocycles. The third-order valence-corrected chi connectivity index (χ3v) is 7.36. The summed E-state index contributed by atoms with van der Waals surface area (Å²) >= 11 is 1.45. The van der Waals surface area contributed by atoms with Crippen molar-refractivity contribution in [3.05, 3.63) is 63.8 Å². The highest BCUT2D eigenvalue weighted by atomic mass is 32.2. The number of aryl methyl sites for hydroxylation is 1. The second-order valence-corrected chi connectivity index (χ2v) is 9.79. The summed E-state index contributed by atoms with van der Waals surface area (Å²) in [5, 5.41) is 1.78. The molecule has 1 aromatic heterocycles. The van der Waals surface area contributed by atoms with Gasteiger partial charge in [0.05, 0.1) is 9.77 Å². The summed E-state index contributed by atoms with van der Waals surface area (Å²) in [5.41, 5.74) is 3.55. The Morgan fingerprint density at radius 3 is 2.70 bits per heavy atom. The largest absolute Gasteiger partial charge is 0.276 e. The molecule has 0 aliphatic heterocycles. The third-order valence-electron chi connectivity index (χ3n) is 4.88. The molecular formula is C20H20N2O3S2. The molecule has 1 aliphatic carbocycles. The Morgan fingerprint density at radius 1 is 1.11 bits per heavy atom. The number of hydrogen-bond acceptors (Lipinski definition) is 4. The first-order valence-corrected chi connectivity index (χ1v) is 11.1. The smallest absolute Gasteiger partial charge is 0.273 e. The highest BCUT2D eigenvalue weighted by Crippen LogP contribution is 2.32. The van der Waals surface area contributed by atoms with Gasteiger partial charge in [-0.3, -0.25) is 10.2 Å². The second kappa shape index (κ2) is 7.07. The van der Waals surface area contributed by atoms with Gasteiger partial charge in [-0.2, -0.15) is 0 Å². The quantitative estimate of drug-likeness (QED) is 0.657. The minimum Gasteiger partial charge on any atom is -0.273 e. The van der Waals surface area contributed by atoms with Gasteiger partial charge >= 0.3 is 0 Å². The van der Waals surface area contributed by atoms with Crippen molar-refractivity contribution in [1.82, 2.24) is 10.3 Å². The van der Waals surface area contributed by atoms with Crippen LogP contribution in [0.4, 0.5) is 0 Å². The van der Waals surface area contributed by atoms with Crippen LogP contribution in [0, 0.1) is 5.92 Å². The maximum absolute atomic E-state index is 12.5. The van der Waals surface area contributed by atoms with Gasteiger partial charge in [0.25, 0.3) is 15.9 Å². The van der Waals surface area contributed by atoms with Gasteiger partial charge in [-0.1, -0.05) is 37.3 Å². The molecule has 2 aromatic carbocycles. The van der Waals surface area contributed by atoms with Gasteiger partial charge in [0.2, 0.25) is 0 Å². The number of rotatable bonds is 4. The zero-order chi connectivity index (χ0) is 19.0. The molecule has 0 fully saturated rings. The highest BCUT2D eigenvalue weighted by Gasteiger charge is 2.22. The van der Waals surface area contributed by atoms with E-state index in [1.165, 1.54) is 27.8 Å². The number of nitrogens with one attached hydrogen (secondary N) is 2. The van der Waals surface area contributed by atoms with Crippen molar-refractivity contribution in [1.29, 1.82) is 0 Å². The number of thiophene rings is 1. The van der Waals surface area contributed by atoms with E-state index in [4.69, 9.17) is 0 Å². The number of sulfonamides is 1. The number of hydrazine groups is 1. The van der Waals surface area contributed by atoms with E-state index in [1.807, 2.05) is 30.3 Å². The van der Waals surface area contributed by atoms with Crippen molar-refractivity contribution >= 4 is 38.0 Å². The first kappa shape index (κ1) is 18.2. The number of carbonyl (C=O) groups excluding carboxylic acids is 1. The molecule has 1 aliphatic rings. The lowest BCUT2D eigenvalue weighted by molar-refractivity contribution is 0.0949. The fraction of sp³-hybridized carbons (Fsp3) is 0.250. The molecule has 1 atom stereocenters. The molecule has 0 bridgehead atoms. The van der Waals surface area contributed by atoms with Crippen LogP contribution in [0.25, 0.3) is 10.8 Å². The lowest BCUT2D eigenvalue weighted by Crippen LogP contribution is -2.41. The molecule has 4 rings (SSSR count). The average molecular weight is 401 g/mol. The second-order valence-electron chi connectivity index (χ2n) is 6.98. The minimum absolute atomic E-state index is 0.112. The Kier molecular flexibility index (Phi) is 4.75. The van der Waals surface area contributed by atoms with Crippen molar-refractivity contribution in [2.45, 2.75) is 31.1 Å². The van der Waals surface area contributed by atoms with Crippen LogP contribution in [-0.4, -0.2) is 14.3 Å². The summed E-state index contributed by atoms with van der Waals surface area (Å²) in [6.07, 6.45) is 3.09. The van der Waals surface area contributed by atoms with Crippen molar-refractivity contribution in [2.75, 3.05) is 0 Å². The number of hydrogen-bond donors (Lipinski definition) is 2. The Bertz CT molecular complexity index is 1120. The SMILES string of the molecule is C[C@H]1CCc2sc(C(=O)NNS(=O)(=O)c3ccc4ccccc4c3)cc2C1. The summed E-state index contributed by atoms with van der Waals surface area (Å²) in [4.78, 5) is 16.5. The van der Waals surface area contributed by atoms with E-state index in [0.717, 1.165) is 30.0 Å². The van der Waals surface area contributed by atoms with Crippen LogP contribution in [0.5, 0.6) is 0 Å². The normalized spacial score (nSPS) is 16.9. The Hall–Kier alpha value is -2.22. The molecule has 0 radical (unpaired) electrons. The lowest BCUT2D eigenvalue weighted by Gasteiger charge is -2.16. The van der Waals surface area contributed by atoms with E-state index in [9.17, 15) is 13.2 Å². The van der Waals surface area contributed by atoms with Gasteiger partial charge < -0.3 is 0 Å². The zero-order valence-electron chi connectivity index (χ0n) is 14.9. The number of benzene rings is 2. The predicted octanol–water partition coefficient (Wildman–Crippen LogP) is 3.65. The van der Waals surface area contributed by atoms with E-state index in [-0.39, 0.29) is 4.90 Å². The van der Waals surface area contributed by atoms with Gasteiger partial charge in [-0.15, -0.1) is 16.2 Å². The van der Waals surface area contributed by atoms with Crippen LogP contribution >= 0.6 is 11.3 Å². The third kappa shape index (κ3) is 3.76. The minimum atomic E-state index is -3.84. The van der Waals surface area contributed by atoms with Gasteiger partial charge in [0, 0.05) is 4.88 Å². The van der Waals surface area contributed by atoms with Crippen LogP contribution in [-0.2, 0) is 22.9 Å². The van der Waals surface area contributed by atoms with Crippen LogP contribution in [0.1, 0.15) is 33.5 Å². The highest BCUT2D eigenvalue weighted by molar-refractivity contribution is 7.89. The number of fused-ring (bicyclic) bond motifs is 2. The molecular weight excluding hydrogens is 380 g/mol. The molecule has 140 valence electrons. The van der Waals surface area contributed by atoms with Crippen molar-refractivity contribution in [3.8, 4) is 0 Å². The molecule has 7 heteroatoms.